The second-order valence-electron chi connectivity index (χ2n) is 4.30. The van der Waals surface area contributed by atoms with E-state index in [1.54, 1.807) is 12.4 Å². The van der Waals surface area contributed by atoms with Gasteiger partial charge in [-0.15, -0.1) is 0 Å². The standard InChI is InChI=1S/C11H11BrN4O/c12-8-3-7(4-14-5-8)9-15-10(17-16-9)11(6-13)1-2-11/h3-5H,1-2,6,13H2. The zero-order chi connectivity index (χ0) is 11.9. The number of nitrogens with zero attached hydrogens (tertiary/aromatic N) is 3. The fraction of sp³-hybridized carbons (Fsp3) is 0.364. The third kappa shape index (κ3) is 1.87. The van der Waals surface area contributed by atoms with E-state index in [0.717, 1.165) is 22.9 Å². The summed E-state index contributed by atoms with van der Waals surface area (Å²) in [4.78, 5) is 8.48. The SMILES string of the molecule is NCC1(c2nc(-c3cncc(Br)c3)no2)CC1. The van der Waals surface area contributed by atoms with Crippen molar-refractivity contribution in [3.63, 3.8) is 0 Å². The van der Waals surface area contributed by atoms with Crippen molar-refractivity contribution in [2.24, 2.45) is 5.73 Å². The highest BCUT2D eigenvalue weighted by atomic mass is 79.9. The Morgan fingerprint density at radius 2 is 2.24 bits per heavy atom. The summed E-state index contributed by atoms with van der Waals surface area (Å²) in [5.41, 5.74) is 6.50. The molecule has 17 heavy (non-hydrogen) atoms. The normalized spacial score (nSPS) is 17.1. The fourth-order valence-electron chi connectivity index (χ4n) is 1.75. The van der Waals surface area contributed by atoms with Crippen molar-refractivity contribution in [1.29, 1.82) is 0 Å². The topological polar surface area (TPSA) is 77.8 Å². The van der Waals surface area contributed by atoms with Crippen molar-refractivity contribution in [1.82, 2.24) is 15.1 Å². The average Bonchev–Trinajstić information content (AvgIpc) is 2.99. The maximum atomic E-state index is 5.73. The Morgan fingerprint density at radius 1 is 1.41 bits per heavy atom. The summed E-state index contributed by atoms with van der Waals surface area (Å²) < 4.78 is 6.18. The molecule has 0 unspecified atom stereocenters. The quantitative estimate of drug-likeness (QED) is 0.935. The van der Waals surface area contributed by atoms with E-state index in [4.69, 9.17) is 10.3 Å². The Balaban J connectivity index is 1.95. The van der Waals surface area contributed by atoms with E-state index in [0.29, 0.717) is 18.3 Å². The lowest BCUT2D eigenvalue weighted by atomic mass is 10.1. The third-order valence-corrected chi connectivity index (χ3v) is 3.52. The highest BCUT2D eigenvalue weighted by Gasteiger charge is 2.48. The van der Waals surface area contributed by atoms with Crippen molar-refractivity contribution in [2.45, 2.75) is 18.3 Å². The van der Waals surface area contributed by atoms with Crippen LogP contribution >= 0.6 is 15.9 Å². The highest BCUT2D eigenvalue weighted by molar-refractivity contribution is 9.10. The molecule has 2 heterocycles. The van der Waals surface area contributed by atoms with Gasteiger partial charge in [-0.2, -0.15) is 4.98 Å². The number of nitrogens with two attached hydrogens (primary N) is 1. The van der Waals surface area contributed by atoms with Crippen LogP contribution in [0.4, 0.5) is 0 Å². The molecule has 0 aliphatic heterocycles. The Labute approximate surface area is 107 Å². The second-order valence-corrected chi connectivity index (χ2v) is 5.22. The minimum atomic E-state index is -0.0648. The highest BCUT2D eigenvalue weighted by Crippen LogP contribution is 2.46. The molecule has 1 fully saturated rings. The average molecular weight is 295 g/mol. The van der Waals surface area contributed by atoms with Crippen molar-refractivity contribution < 1.29 is 4.52 Å². The molecule has 1 aliphatic carbocycles. The van der Waals surface area contributed by atoms with Gasteiger partial charge in [0.1, 0.15) is 0 Å². The summed E-state index contributed by atoms with van der Waals surface area (Å²) in [7, 11) is 0. The maximum Gasteiger partial charge on any atom is 0.234 e. The third-order valence-electron chi connectivity index (χ3n) is 3.09. The molecule has 0 bridgehead atoms. The zero-order valence-electron chi connectivity index (χ0n) is 9.06. The Morgan fingerprint density at radius 3 is 2.88 bits per heavy atom. The van der Waals surface area contributed by atoms with Crippen LogP contribution in [-0.2, 0) is 5.41 Å². The van der Waals surface area contributed by atoms with Crippen molar-refractivity contribution in [2.75, 3.05) is 6.54 Å². The molecule has 0 amide bonds. The lowest BCUT2D eigenvalue weighted by Crippen LogP contribution is -2.19. The van der Waals surface area contributed by atoms with E-state index < -0.39 is 0 Å². The molecule has 0 spiro atoms. The van der Waals surface area contributed by atoms with Gasteiger partial charge in [-0.25, -0.2) is 0 Å². The van der Waals surface area contributed by atoms with Crippen molar-refractivity contribution >= 4 is 15.9 Å². The Kier molecular flexibility index (Phi) is 2.48. The van der Waals surface area contributed by atoms with Gasteiger partial charge < -0.3 is 10.3 Å². The monoisotopic (exact) mass is 294 g/mol. The maximum absolute atomic E-state index is 5.73. The molecular formula is C11H11BrN4O. The van der Waals surface area contributed by atoms with Gasteiger partial charge in [-0.3, -0.25) is 4.98 Å². The van der Waals surface area contributed by atoms with Gasteiger partial charge in [0.05, 0.1) is 5.41 Å². The van der Waals surface area contributed by atoms with Crippen LogP contribution in [0, 0.1) is 0 Å². The number of halogens is 1. The first-order chi connectivity index (χ1) is 8.23. The number of pyridine rings is 1. The molecule has 88 valence electrons. The molecule has 0 aromatic carbocycles. The predicted octanol–water partition coefficient (Wildman–Crippen LogP) is 1.88. The van der Waals surface area contributed by atoms with Gasteiger partial charge in [0.2, 0.25) is 11.7 Å². The molecule has 6 heteroatoms. The van der Waals surface area contributed by atoms with Crippen molar-refractivity contribution in [3.8, 4) is 11.4 Å². The molecule has 0 saturated heterocycles. The molecule has 0 atom stereocenters. The van der Waals surface area contributed by atoms with E-state index in [9.17, 15) is 0 Å². The summed E-state index contributed by atoms with van der Waals surface area (Å²) in [6.45, 7) is 0.561. The first-order valence-corrected chi connectivity index (χ1v) is 6.18. The smallest absolute Gasteiger partial charge is 0.234 e. The number of hydrogen-bond acceptors (Lipinski definition) is 5. The summed E-state index contributed by atoms with van der Waals surface area (Å²) in [5, 5.41) is 3.98. The fourth-order valence-corrected chi connectivity index (χ4v) is 2.11. The van der Waals surface area contributed by atoms with Gasteiger partial charge in [0.15, 0.2) is 0 Å². The summed E-state index contributed by atoms with van der Waals surface area (Å²) in [6, 6.07) is 1.91. The van der Waals surface area contributed by atoms with Gasteiger partial charge in [-0.05, 0) is 34.8 Å². The van der Waals surface area contributed by atoms with Gasteiger partial charge in [-0.1, -0.05) is 5.16 Å². The second kappa shape index (κ2) is 3.89. The van der Waals surface area contributed by atoms with Crippen LogP contribution in [0.3, 0.4) is 0 Å². The molecule has 1 saturated carbocycles. The number of rotatable bonds is 3. The van der Waals surface area contributed by atoms with E-state index in [2.05, 4.69) is 31.1 Å². The van der Waals surface area contributed by atoms with E-state index in [1.165, 1.54) is 0 Å². The lowest BCUT2D eigenvalue weighted by molar-refractivity contribution is 0.347. The van der Waals surface area contributed by atoms with E-state index in [-0.39, 0.29) is 5.41 Å². The molecule has 0 radical (unpaired) electrons. The van der Waals surface area contributed by atoms with Crippen LogP contribution < -0.4 is 5.73 Å². The summed E-state index contributed by atoms with van der Waals surface area (Å²) in [6.07, 6.45) is 5.48. The van der Waals surface area contributed by atoms with Crippen LogP contribution in [0.5, 0.6) is 0 Å². The lowest BCUT2D eigenvalue weighted by Gasteiger charge is -2.03. The predicted molar refractivity (Wildman–Crippen MR) is 65.2 cm³/mol. The Hall–Kier alpha value is -1.27. The van der Waals surface area contributed by atoms with Crippen molar-refractivity contribution in [3.05, 3.63) is 28.8 Å². The summed E-state index contributed by atoms with van der Waals surface area (Å²) in [5.74, 6) is 1.21. The van der Waals surface area contributed by atoms with Crippen LogP contribution in [-0.4, -0.2) is 21.7 Å². The number of aromatic nitrogens is 3. The van der Waals surface area contributed by atoms with Crippen LogP contribution in [0.2, 0.25) is 0 Å². The molecular weight excluding hydrogens is 284 g/mol. The van der Waals surface area contributed by atoms with Gasteiger partial charge >= 0.3 is 0 Å². The minimum absolute atomic E-state index is 0.0648. The molecule has 1 aliphatic rings. The largest absolute Gasteiger partial charge is 0.338 e. The van der Waals surface area contributed by atoms with E-state index >= 15 is 0 Å². The molecule has 3 rings (SSSR count). The minimum Gasteiger partial charge on any atom is -0.338 e. The van der Waals surface area contributed by atoms with Crippen LogP contribution in [0.1, 0.15) is 18.7 Å². The molecule has 5 nitrogen and oxygen atoms in total. The summed E-state index contributed by atoms with van der Waals surface area (Å²) >= 11 is 3.36. The molecule has 2 aromatic rings. The molecule has 2 N–H and O–H groups in total. The molecule has 2 aromatic heterocycles. The van der Waals surface area contributed by atoms with Gasteiger partial charge in [0.25, 0.3) is 0 Å². The van der Waals surface area contributed by atoms with Gasteiger partial charge in [0, 0.05) is 29.0 Å². The zero-order valence-corrected chi connectivity index (χ0v) is 10.6. The van der Waals surface area contributed by atoms with Crippen LogP contribution in [0.15, 0.2) is 27.5 Å². The first-order valence-electron chi connectivity index (χ1n) is 5.39. The van der Waals surface area contributed by atoms with E-state index in [1.807, 2.05) is 6.07 Å². The first kappa shape index (κ1) is 10.9. The number of hydrogen-bond donors (Lipinski definition) is 1. The van der Waals surface area contributed by atoms with Crippen LogP contribution in [0.25, 0.3) is 11.4 Å². The Bertz CT molecular complexity index is 550.